The van der Waals surface area contributed by atoms with Gasteiger partial charge in [-0.15, -0.1) is 0 Å². The Balaban J connectivity index is 2.07. The molecule has 1 aromatic carbocycles. The molecule has 0 spiro atoms. The zero-order chi connectivity index (χ0) is 28.1. The SMILES string of the molecule is CC(O)COC(=O)OC(C)(C)NC(=O)NC(C(=O)N1CC(=O)C(c2ccc(Cl)cc2)C(C)(C)C1)C(C)C. The Morgan fingerprint density at radius 1 is 1.19 bits per heavy atom. The third-order valence-corrected chi connectivity index (χ3v) is 6.23. The number of aliphatic hydroxyl groups is 1. The van der Waals surface area contributed by atoms with Crippen molar-refractivity contribution in [2.75, 3.05) is 19.7 Å². The number of halogens is 1. The largest absolute Gasteiger partial charge is 0.510 e. The third-order valence-electron chi connectivity index (χ3n) is 5.98. The molecule has 1 aromatic rings. The summed E-state index contributed by atoms with van der Waals surface area (Å²) >= 11 is 6.00. The van der Waals surface area contributed by atoms with Crippen molar-refractivity contribution in [1.29, 1.82) is 0 Å². The maximum atomic E-state index is 13.5. The summed E-state index contributed by atoms with van der Waals surface area (Å²) in [5.74, 6) is -1.15. The van der Waals surface area contributed by atoms with Gasteiger partial charge in [0.15, 0.2) is 11.5 Å². The number of ether oxygens (including phenoxy) is 2. The van der Waals surface area contributed by atoms with Crippen LogP contribution in [0.4, 0.5) is 9.59 Å². The number of ketones is 1. The Kier molecular flexibility index (Phi) is 9.96. The summed E-state index contributed by atoms with van der Waals surface area (Å²) in [5.41, 5.74) is -1.16. The second-order valence-electron chi connectivity index (χ2n) is 11.0. The lowest BCUT2D eigenvalue weighted by atomic mass is 9.69. The standard InChI is InChI=1S/C26H38ClN3O7/c1-15(2)21(28-23(34)29-26(6,7)37-24(35)36-13-16(3)31)22(33)30-12-19(32)20(25(4,5)14-30)17-8-10-18(27)11-9-17/h8-11,15-16,20-21,31H,12-14H2,1-7H3,(H2,28,29,34). The van der Waals surface area contributed by atoms with E-state index in [0.717, 1.165) is 5.56 Å². The smallest absolute Gasteiger partial charge is 0.431 e. The first-order chi connectivity index (χ1) is 17.0. The van der Waals surface area contributed by atoms with Crippen LogP contribution in [0.1, 0.15) is 59.9 Å². The Labute approximate surface area is 223 Å². The van der Waals surface area contributed by atoms with Gasteiger partial charge in [0.2, 0.25) is 5.91 Å². The average Bonchev–Trinajstić information content (AvgIpc) is 2.75. The highest BCUT2D eigenvalue weighted by atomic mass is 35.5. The summed E-state index contributed by atoms with van der Waals surface area (Å²) in [4.78, 5) is 52.7. The molecule has 0 saturated carbocycles. The van der Waals surface area contributed by atoms with Gasteiger partial charge in [-0.2, -0.15) is 0 Å². The number of benzene rings is 1. The van der Waals surface area contributed by atoms with E-state index in [9.17, 15) is 24.3 Å². The summed E-state index contributed by atoms with van der Waals surface area (Å²) in [6.07, 6.45) is -1.93. The van der Waals surface area contributed by atoms with Crippen LogP contribution in [0, 0.1) is 11.3 Å². The molecule has 1 saturated heterocycles. The van der Waals surface area contributed by atoms with E-state index in [1.165, 1.54) is 25.7 Å². The number of piperidine rings is 1. The molecule has 37 heavy (non-hydrogen) atoms. The van der Waals surface area contributed by atoms with Crippen molar-refractivity contribution in [3.8, 4) is 0 Å². The fraction of sp³-hybridized carbons (Fsp3) is 0.615. The number of Topliss-reactive ketones (excluding diaryl/α,β-unsaturated/α-hetero) is 1. The van der Waals surface area contributed by atoms with Gasteiger partial charge in [0.05, 0.1) is 18.6 Å². The predicted molar refractivity (Wildman–Crippen MR) is 138 cm³/mol. The van der Waals surface area contributed by atoms with E-state index in [0.29, 0.717) is 11.6 Å². The molecule has 1 fully saturated rings. The molecule has 0 bridgehead atoms. The highest BCUT2D eigenvalue weighted by Crippen LogP contribution is 2.40. The Morgan fingerprint density at radius 3 is 2.30 bits per heavy atom. The summed E-state index contributed by atoms with van der Waals surface area (Å²) in [6, 6.07) is 5.49. The lowest BCUT2D eigenvalue weighted by molar-refractivity contribution is -0.145. The lowest BCUT2D eigenvalue weighted by Crippen LogP contribution is -2.60. The zero-order valence-corrected chi connectivity index (χ0v) is 23.2. The van der Waals surface area contributed by atoms with Crippen molar-refractivity contribution >= 4 is 35.5 Å². The summed E-state index contributed by atoms with van der Waals surface area (Å²) in [5, 5.41) is 14.9. The minimum absolute atomic E-state index is 0.0776. The Bertz CT molecular complexity index is 992. The first kappa shape index (κ1) is 30.4. The molecule has 3 N–H and O–H groups in total. The van der Waals surface area contributed by atoms with Crippen LogP contribution in [-0.4, -0.2) is 71.5 Å². The number of hydrogen-bond acceptors (Lipinski definition) is 7. The highest BCUT2D eigenvalue weighted by molar-refractivity contribution is 6.30. The normalized spacial score (nSPS) is 19.1. The van der Waals surface area contributed by atoms with Crippen molar-refractivity contribution in [2.45, 2.75) is 72.3 Å². The van der Waals surface area contributed by atoms with Gasteiger partial charge in [-0.3, -0.25) is 9.59 Å². The number of hydrogen-bond donors (Lipinski definition) is 3. The molecule has 0 aliphatic carbocycles. The third kappa shape index (κ3) is 8.60. The van der Waals surface area contributed by atoms with E-state index in [1.54, 1.807) is 26.0 Å². The minimum Gasteiger partial charge on any atom is -0.431 e. The number of likely N-dealkylation sites (tertiary alicyclic amines) is 1. The van der Waals surface area contributed by atoms with Crippen LogP contribution in [0.5, 0.6) is 0 Å². The van der Waals surface area contributed by atoms with Crippen LogP contribution in [-0.2, 0) is 19.1 Å². The quantitative estimate of drug-likeness (QED) is 0.340. The lowest BCUT2D eigenvalue weighted by Gasteiger charge is -2.44. The summed E-state index contributed by atoms with van der Waals surface area (Å²) in [7, 11) is 0. The number of carbonyl (C=O) groups is 4. The molecule has 11 heteroatoms. The van der Waals surface area contributed by atoms with Crippen LogP contribution in [0.3, 0.4) is 0 Å². The predicted octanol–water partition coefficient (Wildman–Crippen LogP) is 3.46. The maximum absolute atomic E-state index is 13.5. The van der Waals surface area contributed by atoms with Crippen LogP contribution in [0.25, 0.3) is 0 Å². The summed E-state index contributed by atoms with van der Waals surface area (Å²) in [6.45, 7) is 11.7. The number of nitrogens with one attached hydrogen (secondary N) is 2. The number of urea groups is 1. The topological polar surface area (TPSA) is 134 Å². The van der Waals surface area contributed by atoms with E-state index < -0.39 is 41.4 Å². The molecular weight excluding hydrogens is 502 g/mol. The van der Waals surface area contributed by atoms with Gasteiger partial charge in [0, 0.05) is 11.6 Å². The van der Waals surface area contributed by atoms with E-state index in [1.807, 2.05) is 26.0 Å². The maximum Gasteiger partial charge on any atom is 0.510 e. The molecule has 1 aliphatic rings. The van der Waals surface area contributed by atoms with Gasteiger partial charge in [-0.05, 0) is 49.8 Å². The number of nitrogens with zero attached hydrogens (tertiary/aromatic N) is 1. The van der Waals surface area contributed by atoms with Crippen molar-refractivity contribution in [1.82, 2.24) is 15.5 Å². The van der Waals surface area contributed by atoms with Gasteiger partial charge in [-0.25, -0.2) is 9.59 Å². The molecule has 3 amide bonds. The van der Waals surface area contributed by atoms with Crippen LogP contribution >= 0.6 is 11.6 Å². The molecule has 1 aliphatic heterocycles. The first-order valence-electron chi connectivity index (χ1n) is 12.2. The van der Waals surface area contributed by atoms with Crippen molar-refractivity contribution in [3.05, 3.63) is 34.9 Å². The van der Waals surface area contributed by atoms with Gasteiger partial charge in [-0.1, -0.05) is 51.4 Å². The van der Waals surface area contributed by atoms with Gasteiger partial charge < -0.3 is 30.1 Å². The number of rotatable bonds is 8. The molecule has 3 unspecified atom stereocenters. The number of aliphatic hydroxyl groups excluding tert-OH is 1. The van der Waals surface area contributed by atoms with E-state index >= 15 is 0 Å². The van der Waals surface area contributed by atoms with E-state index in [-0.39, 0.29) is 30.8 Å². The van der Waals surface area contributed by atoms with Crippen molar-refractivity contribution < 1.29 is 33.8 Å². The van der Waals surface area contributed by atoms with Gasteiger partial charge >= 0.3 is 12.2 Å². The zero-order valence-electron chi connectivity index (χ0n) is 22.5. The molecular formula is C26H38ClN3O7. The van der Waals surface area contributed by atoms with Crippen molar-refractivity contribution in [3.63, 3.8) is 0 Å². The molecule has 2 rings (SSSR count). The van der Waals surface area contributed by atoms with Gasteiger partial charge in [0.1, 0.15) is 12.6 Å². The molecule has 10 nitrogen and oxygen atoms in total. The minimum atomic E-state index is -1.46. The van der Waals surface area contributed by atoms with Crippen LogP contribution < -0.4 is 10.6 Å². The Hall–Kier alpha value is -2.85. The monoisotopic (exact) mass is 539 g/mol. The molecule has 3 atom stereocenters. The first-order valence-corrected chi connectivity index (χ1v) is 12.6. The second-order valence-corrected chi connectivity index (χ2v) is 11.4. The molecule has 206 valence electrons. The number of carbonyl (C=O) groups excluding carboxylic acids is 4. The van der Waals surface area contributed by atoms with E-state index in [2.05, 4.69) is 10.6 Å². The number of amides is 3. The highest BCUT2D eigenvalue weighted by Gasteiger charge is 2.45. The fourth-order valence-electron chi connectivity index (χ4n) is 4.42. The average molecular weight is 540 g/mol. The van der Waals surface area contributed by atoms with Crippen molar-refractivity contribution in [2.24, 2.45) is 11.3 Å². The second kappa shape index (κ2) is 12.1. The molecule has 0 radical (unpaired) electrons. The molecule has 0 aromatic heterocycles. The molecule has 1 heterocycles. The van der Waals surface area contributed by atoms with Gasteiger partial charge in [0.25, 0.3) is 0 Å². The fourth-order valence-corrected chi connectivity index (χ4v) is 4.54. The van der Waals surface area contributed by atoms with Crippen LogP contribution in [0.15, 0.2) is 24.3 Å². The Morgan fingerprint density at radius 2 is 1.78 bits per heavy atom. The summed E-state index contributed by atoms with van der Waals surface area (Å²) < 4.78 is 9.84. The van der Waals surface area contributed by atoms with E-state index in [4.69, 9.17) is 21.1 Å². The van der Waals surface area contributed by atoms with Crippen LogP contribution in [0.2, 0.25) is 5.02 Å².